The minimum Gasteiger partial charge on any atom is -0.477 e. The molecule has 2 rings (SSSR count). The number of hydrogen-bond donors (Lipinski definition) is 0. The van der Waals surface area contributed by atoms with Crippen LogP contribution in [0.1, 0.15) is 35.5 Å². The first kappa shape index (κ1) is 16.5. The van der Waals surface area contributed by atoms with Crippen molar-refractivity contribution in [3.05, 3.63) is 47.2 Å². The number of ether oxygens (including phenoxy) is 2. The summed E-state index contributed by atoms with van der Waals surface area (Å²) >= 11 is 0. The van der Waals surface area contributed by atoms with Crippen LogP contribution in [-0.4, -0.2) is 24.2 Å². The average molecular weight is 310 g/mol. The van der Waals surface area contributed by atoms with Gasteiger partial charge in [-0.25, -0.2) is 9.78 Å². The van der Waals surface area contributed by atoms with Gasteiger partial charge >= 0.3 is 5.97 Å². The van der Waals surface area contributed by atoms with Crippen molar-refractivity contribution >= 4 is 5.97 Å². The van der Waals surface area contributed by atoms with E-state index in [9.17, 15) is 10.1 Å². The van der Waals surface area contributed by atoms with Crippen LogP contribution in [0.5, 0.6) is 5.88 Å². The van der Waals surface area contributed by atoms with Crippen LogP contribution in [0.25, 0.3) is 11.1 Å². The lowest BCUT2D eigenvalue weighted by Gasteiger charge is -2.16. The average Bonchev–Trinajstić information content (AvgIpc) is 2.55. The molecule has 1 aromatic carbocycles. The zero-order valence-corrected chi connectivity index (χ0v) is 13.4. The maximum atomic E-state index is 12.4. The van der Waals surface area contributed by atoms with Crippen LogP contribution in [0, 0.1) is 18.3 Å². The van der Waals surface area contributed by atoms with Crippen molar-refractivity contribution in [1.82, 2.24) is 4.98 Å². The van der Waals surface area contributed by atoms with Crippen molar-refractivity contribution in [3.63, 3.8) is 0 Å². The SMILES string of the molecule is CCOC(=O)c1c(C)nc(OCC)c(C#N)c1-c1ccccc1. The van der Waals surface area contributed by atoms with Crippen LogP contribution in [0.4, 0.5) is 0 Å². The van der Waals surface area contributed by atoms with Crippen molar-refractivity contribution in [3.8, 4) is 23.1 Å². The van der Waals surface area contributed by atoms with E-state index in [1.54, 1.807) is 13.8 Å². The first-order valence-corrected chi connectivity index (χ1v) is 7.44. The third-order valence-corrected chi connectivity index (χ3v) is 3.28. The fourth-order valence-electron chi connectivity index (χ4n) is 2.37. The summed E-state index contributed by atoms with van der Waals surface area (Å²) < 4.78 is 10.6. The number of aromatic nitrogens is 1. The quantitative estimate of drug-likeness (QED) is 0.790. The van der Waals surface area contributed by atoms with E-state index in [2.05, 4.69) is 11.1 Å². The highest BCUT2D eigenvalue weighted by Gasteiger charge is 2.25. The normalized spacial score (nSPS) is 10.0. The van der Waals surface area contributed by atoms with Crippen LogP contribution in [0.3, 0.4) is 0 Å². The number of carbonyl (C=O) groups excluding carboxylic acids is 1. The van der Waals surface area contributed by atoms with Gasteiger partial charge in [0.1, 0.15) is 11.6 Å². The van der Waals surface area contributed by atoms with Gasteiger partial charge in [0.25, 0.3) is 0 Å². The molecular weight excluding hydrogens is 292 g/mol. The number of benzene rings is 1. The smallest absolute Gasteiger partial charge is 0.340 e. The highest BCUT2D eigenvalue weighted by atomic mass is 16.5. The lowest BCUT2D eigenvalue weighted by molar-refractivity contribution is 0.0525. The fraction of sp³-hybridized carbons (Fsp3) is 0.278. The number of esters is 1. The highest BCUT2D eigenvalue weighted by Crippen LogP contribution is 2.34. The molecule has 2 aromatic rings. The maximum Gasteiger partial charge on any atom is 0.340 e. The van der Waals surface area contributed by atoms with E-state index in [0.717, 1.165) is 5.56 Å². The zero-order valence-electron chi connectivity index (χ0n) is 13.4. The molecule has 0 unspecified atom stereocenters. The third-order valence-electron chi connectivity index (χ3n) is 3.28. The Hall–Kier alpha value is -2.87. The molecule has 0 radical (unpaired) electrons. The van der Waals surface area contributed by atoms with Crippen molar-refractivity contribution < 1.29 is 14.3 Å². The van der Waals surface area contributed by atoms with Gasteiger partial charge in [-0.15, -0.1) is 0 Å². The molecule has 0 aliphatic rings. The topological polar surface area (TPSA) is 72.2 Å². The van der Waals surface area contributed by atoms with Crippen LogP contribution >= 0.6 is 0 Å². The number of nitrogens with zero attached hydrogens (tertiary/aromatic N) is 2. The van der Waals surface area contributed by atoms with Gasteiger partial charge in [0.05, 0.1) is 24.5 Å². The summed E-state index contributed by atoms with van der Waals surface area (Å²) in [5.41, 5.74) is 2.27. The Morgan fingerprint density at radius 1 is 1.22 bits per heavy atom. The van der Waals surface area contributed by atoms with E-state index >= 15 is 0 Å². The molecule has 1 aromatic heterocycles. The lowest BCUT2D eigenvalue weighted by atomic mass is 9.94. The van der Waals surface area contributed by atoms with Crippen LogP contribution in [0.15, 0.2) is 30.3 Å². The predicted octanol–water partition coefficient (Wildman–Crippen LogP) is 3.50. The van der Waals surface area contributed by atoms with Crippen LogP contribution < -0.4 is 4.74 Å². The molecule has 0 saturated carbocycles. The molecule has 0 fully saturated rings. The van der Waals surface area contributed by atoms with Crippen molar-refractivity contribution in [2.24, 2.45) is 0 Å². The summed E-state index contributed by atoms with van der Waals surface area (Å²) in [5, 5.41) is 9.59. The Morgan fingerprint density at radius 2 is 1.91 bits per heavy atom. The number of carbonyl (C=O) groups is 1. The van der Waals surface area contributed by atoms with Gasteiger partial charge in [-0.3, -0.25) is 0 Å². The molecule has 0 N–H and O–H groups in total. The van der Waals surface area contributed by atoms with E-state index in [4.69, 9.17) is 9.47 Å². The highest BCUT2D eigenvalue weighted by molar-refractivity contribution is 6.00. The monoisotopic (exact) mass is 310 g/mol. The first-order valence-electron chi connectivity index (χ1n) is 7.44. The van der Waals surface area contributed by atoms with E-state index in [-0.39, 0.29) is 18.1 Å². The summed E-state index contributed by atoms with van der Waals surface area (Å²) in [7, 11) is 0. The predicted molar refractivity (Wildman–Crippen MR) is 86.3 cm³/mol. The molecular formula is C18H18N2O3. The zero-order chi connectivity index (χ0) is 16.8. The molecule has 1 heterocycles. The Bertz CT molecular complexity index is 749. The van der Waals surface area contributed by atoms with Gasteiger partial charge in [0, 0.05) is 5.56 Å². The summed E-state index contributed by atoms with van der Waals surface area (Å²) in [6.45, 7) is 5.90. The van der Waals surface area contributed by atoms with Gasteiger partial charge in [0.15, 0.2) is 0 Å². The fourth-order valence-corrected chi connectivity index (χ4v) is 2.37. The second-order valence-corrected chi connectivity index (χ2v) is 4.76. The van der Waals surface area contributed by atoms with Gasteiger partial charge in [-0.2, -0.15) is 5.26 Å². The molecule has 5 nitrogen and oxygen atoms in total. The molecule has 0 aliphatic heterocycles. The molecule has 118 valence electrons. The Labute approximate surface area is 135 Å². The second kappa shape index (κ2) is 7.41. The van der Waals surface area contributed by atoms with E-state index in [1.807, 2.05) is 37.3 Å². The van der Waals surface area contributed by atoms with Crippen molar-refractivity contribution in [1.29, 1.82) is 5.26 Å². The molecule has 5 heteroatoms. The lowest BCUT2D eigenvalue weighted by Crippen LogP contribution is -2.13. The third kappa shape index (κ3) is 3.32. The number of nitriles is 1. The Kier molecular flexibility index (Phi) is 5.32. The number of hydrogen-bond acceptors (Lipinski definition) is 5. The molecule has 0 spiro atoms. The summed E-state index contributed by atoms with van der Waals surface area (Å²) in [4.78, 5) is 16.7. The van der Waals surface area contributed by atoms with Gasteiger partial charge in [-0.1, -0.05) is 30.3 Å². The number of rotatable bonds is 5. The van der Waals surface area contributed by atoms with E-state index in [1.165, 1.54) is 0 Å². The summed E-state index contributed by atoms with van der Waals surface area (Å²) in [6, 6.07) is 11.4. The summed E-state index contributed by atoms with van der Waals surface area (Å²) in [5.74, 6) is -0.254. The maximum absolute atomic E-state index is 12.4. The summed E-state index contributed by atoms with van der Waals surface area (Å²) in [6.07, 6.45) is 0. The molecule has 0 amide bonds. The minimum atomic E-state index is -0.490. The van der Waals surface area contributed by atoms with Gasteiger partial charge < -0.3 is 9.47 Å². The van der Waals surface area contributed by atoms with Gasteiger partial charge in [-0.05, 0) is 26.3 Å². The second-order valence-electron chi connectivity index (χ2n) is 4.76. The number of pyridine rings is 1. The Morgan fingerprint density at radius 3 is 2.48 bits per heavy atom. The molecule has 0 saturated heterocycles. The first-order chi connectivity index (χ1) is 11.1. The van der Waals surface area contributed by atoms with E-state index < -0.39 is 5.97 Å². The number of aryl methyl sites for hydroxylation is 1. The standard InChI is InChI=1S/C18H18N2O3/c1-4-22-17-14(11-19)16(13-9-7-6-8-10-13)15(12(3)20-17)18(21)23-5-2/h6-10H,4-5H2,1-3H3. The molecule has 0 atom stereocenters. The van der Waals surface area contributed by atoms with Crippen molar-refractivity contribution in [2.75, 3.05) is 13.2 Å². The Balaban J connectivity index is 2.81. The van der Waals surface area contributed by atoms with Gasteiger partial charge in [0.2, 0.25) is 5.88 Å². The molecule has 0 aliphatic carbocycles. The largest absolute Gasteiger partial charge is 0.477 e. The molecule has 0 bridgehead atoms. The van der Waals surface area contributed by atoms with E-state index in [0.29, 0.717) is 23.4 Å². The van der Waals surface area contributed by atoms with Crippen molar-refractivity contribution in [2.45, 2.75) is 20.8 Å². The van der Waals surface area contributed by atoms with Crippen LogP contribution in [-0.2, 0) is 4.74 Å². The molecule has 23 heavy (non-hydrogen) atoms. The minimum absolute atomic E-state index is 0.236. The van der Waals surface area contributed by atoms with Crippen LogP contribution in [0.2, 0.25) is 0 Å².